The first kappa shape index (κ1) is 16.7. The SMILES string of the molecule is CC(C)(C)OC(=O)NC(C=O)c1cc2c(nc1Cl)CCCC2. The van der Waals surface area contributed by atoms with Crippen LogP contribution in [0.4, 0.5) is 4.79 Å². The molecule has 1 aromatic heterocycles. The molecule has 5 nitrogen and oxygen atoms in total. The van der Waals surface area contributed by atoms with Gasteiger partial charge in [0.15, 0.2) is 0 Å². The van der Waals surface area contributed by atoms with E-state index in [-0.39, 0.29) is 5.15 Å². The largest absolute Gasteiger partial charge is 0.444 e. The summed E-state index contributed by atoms with van der Waals surface area (Å²) in [4.78, 5) is 27.6. The molecule has 0 aliphatic heterocycles. The van der Waals surface area contributed by atoms with Gasteiger partial charge >= 0.3 is 6.09 Å². The summed E-state index contributed by atoms with van der Waals surface area (Å²) in [5.74, 6) is 0. The fourth-order valence-corrected chi connectivity index (χ4v) is 2.74. The topological polar surface area (TPSA) is 68.3 Å². The summed E-state index contributed by atoms with van der Waals surface area (Å²) >= 11 is 6.19. The van der Waals surface area contributed by atoms with Crippen LogP contribution in [-0.2, 0) is 22.4 Å². The molecule has 120 valence electrons. The van der Waals surface area contributed by atoms with Gasteiger partial charge in [0.05, 0.1) is 0 Å². The van der Waals surface area contributed by atoms with Crippen molar-refractivity contribution in [2.75, 3.05) is 0 Å². The normalized spacial score (nSPS) is 15.6. The van der Waals surface area contributed by atoms with E-state index < -0.39 is 17.7 Å². The molecule has 1 unspecified atom stereocenters. The van der Waals surface area contributed by atoms with Crippen molar-refractivity contribution < 1.29 is 14.3 Å². The fraction of sp³-hybridized carbons (Fsp3) is 0.562. The Morgan fingerprint density at radius 3 is 2.73 bits per heavy atom. The van der Waals surface area contributed by atoms with Gasteiger partial charge in [-0.1, -0.05) is 11.6 Å². The Balaban J connectivity index is 2.20. The zero-order valence-electron chi connectivity index (χ0n) is 13.1. The summed E-state index contributed by atoms with van der Waals surface area (Å²) in [5, 5.41) is 2.79. The Kier molecular flexibility index (Phi) is 5.06. The molecule has 0 fully saturated rings. The minimum atomic E-state index is -0.859. The maximum Gasteiger partial charge on any atom is 0.408 e. The van der Waals surface area contributed by atoms with Crippen LogP contribution in [0.1, 0.15) is 56.5 Å². The molecule has 0 radical (unpaired) electrons. The van der Waals surface area contributed by atoms with Crippen LogP contribution in [0.2, 0.25) is 5.15 Å². The quantitative estimate of drug-likeness (QED) is 0.683. The second-order valence-corrected chi connectivity index (χ2v) is 6.80. The molecule has 1 aromatic rings. The number of carbonyl (C=O) groups is 2. The van der Waals surface area contributed by atoms with Gasteiger partial charge in [0.2, 0.25) is 0 Å². The van der Waals surface area contributed by atoms with Crippen LogP contribution in [0.15, 0.2) is 6.07 Å². The minimum Gasteiger partial charge on any atom is -0.444 e. The number of alkyl carbamates (subject to hydrolysis) is 1. The van der Waals surface area contributed by atoms with Gasteiger partial charge in [-0.15, -0.1) is 0 Å². The van der Waals surface area contributed by atoms with Gasteiger partial charge in [0, 0.05) is 11.3 Å². The first-order chi connectivity index (χ1) is 10.3. The summed E-state index contributed by atoms with van der Waals surface area (Å²) in [6.45, 7) is 5.28. The average Bonchev–Trinajstić information content (AvgIpc) is 2.42. The zero-order valence-corrected chi connectivity index (χ0v) is 13.9. The Morgan fingerprint density at radius 1 is 1.41 bits per heavy atom. The Hall–Kier alpha value is -1.62. The van der Waals surface area contributed by atoms with E-state index in [1.807, 2.05) is 6.07 Å². The summed E-state index contributed by atoms with van der Waals surface area (Å²) in [6.07, 6.45) is 4.01. The lowest BCUT2D eigenvalue weighted by Gasteiger charge is -2.23. The van der Waals surface area contributed by atoms with Gasteiger partial charge in [-0.2, -0.15) is 0 Å². The predicted molar refractivity (Wildman–Crippen MR) is 84.1 cm³/mol. The number of aryl methyl sites for hydroxylation is 2. The van der Waals surface area contributed by atoms with Gasteiger partial charge in [-0.05, 0) is 58.1 Å². The average molecular weight is 325 g/mol. The van der Waals surface area contributed by atoms with Crippen LogP contribution in [0.5, 0.6) is 0 Å². The molecule has 22 heavy (non-hydrogen) atoms. The fourth-order valence-electron chi connectivity index (χ4n) is 2.46. The number of nitrogens with zero attached hydrogens (tertiary/aromatic N) is 1. The van der Waals surface area contributed by atoms with Crippen LogP contribution < -0.4 is 5.32 Å². The third-order valence-electron chi connectivity index (χ3n) is 3.42. The van der Waals surface area contributed by atoms with E-state index in [1.165, 1.54) is 0 Å². The molecule has 1 atom stereocenters. The molecule has 2 rings (SSSR count). The molecule has 1 heterocycles. The summed E-state index contributed by atoms with van der Waals surface area (Å²) in [5.41, 5.74) is 1.98. The molecule has 1 amide bonds. The molecule has 0 saturated heterocycles. The lowest BCUT2D eigenvalue weighted by atomic mass is 9.94. The number of aromatic nitrogens is 1. The molecular weight excluding hydrogens is 304 g/mol. The number of carbonyl (C=O) groups excluding carboxylic acids is 2. The van der Waals surface area contributed by atoms with Gasteiger partial charge < -0.3 is 14.8 Å². The summed E-state index contributed by atoms with van der Waals surface area (Å²) in [6, 6.07) is 1.02. The van der Waals surface area contributed by atoms with Crippen LogP contribution in [0.3, 0.4) is 0 Å². The molecule has 6 heteroatoms. The first-order valence-corrected chi connectivity index (χ1v) is 7.81. The van der Waals surface area contributed by atoms with Crippen molar-refractivity contribution in [2.45, 2.75) is 58.1 Å². The number of hydrogen-bond acceptors (Lipinski definition) is 4. The van der Waals surface area contributed by atoms with Gasteiger partial charge in [0.25, 0.3) is 0 Å². The zero-order chi connectivity index (χ0) is 16.3. The lowest BCUT2D eigenvalue weighted by molar-refractivity contribution is -0.109. The van der Waals surface area contributed by atoms with Gasteiger partial charge in [0.1, 0.15) is 23.1 Å². The van der Waals surface area contributed by atoms with Crippen molar-refractivity contribution >= 4 is 24.0 Å². The molecule has 0 bridgehead atoms. The highest BCUT2D eigenvalue weighted by Gasteiger charge is 2.24. The smallest absolute Gasteiger partial charge is 0.408 e. The van der Waals surface area contributed by atoms with Crippen molar-refractivity contribution in [1.82, 2.24) is 10.3 Å². The van der Waals surface area contributed by atoms with Crippen molar-refractivity contribution in [3.8, 4) is 0 Å². The number of fused-ring (bicyclic) bond motifs is 1. The monoisotopic (exact) mass is 324 g/mol. The maximum absolute atomic E-state index is 11.8. The van der Waals surface area contributed by atoms with Crippen molar-refractivity contribution in [2.24, 2.45) is 0 Å². The molecule has 0 aromatic carbocycles. The Morgan fingerprint density at radius 2 is 2.09 bits per heavy atom. The van der Waals surface area contributed by atoms with Crippen LogP contribution in [0, 0.1) is 0 Å². The van der Waals surface area contributed by atoms with Crippen molar-refractivity contribution in [1.29, 1.82) is 0 Å². The van der Waals surface area contributed by atoms with Crippen LogP contribution in [-0.4, -0.2) is 23.0 Å². The van der Waals surface area contributed by atoms with E-state index in [1.54, 1.807) is 20.8 Å². The number of hydrogen-bond donors (Lipinski definition) is 1. The van der Waals surface area contributed by atoms with E-state index in [4.69, 9.17) is 16.3 Å². The molecule has 1 aliphatic rings. The predicted octanol–water partition coefficient (Wildman–Crippen LogP) is 3.38. The second-order valence-electron chi connectivity index (χ2n) is 6.44. The molecule has 0 spiro atoms. The van der Waals surface area contributed by atoms with E-state index in [0.29, 0.717) is 11.8 Å². The maximum atomic E-state index is 11.8. The highest BCUT2D eigenvalue weighted by molar-refractivity contribution is 6.30. The van der Waals surface area contributed by atoms with Crippen molar-refractivity contribution in [3.05, 3.63) is 28.0 Å². The number of pyridine rings is 1. The standard InChI is InChI=1S/C16H21ClN2O3/c1-16(2,3)22-15(21)19-13(9-20)11-8-10-6-4-5-7-12(10)18-14(11)17/h8-9,13H,4-7H2,1-3H3,(H,19,21). The molecule has 0 saturated carbocycles. The van der Waals surface area contributed by atoms with Gasteiger partial charge in [-0.25, -0.2) is 9.78 Å². The van der Waals surface area contributed by atoms with E-state index in [9.17, 15) is 9.59 Å². The third kappa shape index (κ3) is 4.19. The summed E-state index contributed by atoms with van der Waals surface area (Å²) in [7, 11) is 0. The van der Waals surface area contributed by atoms with E-state index in [2.05, 4.69) is 10.3 Å². The third-order valence-corrected chi connectivity index (χ3v) is 3.73. The molecule has 1 N–H and O–H groups in total. The van der Waals surface area contributed by atoms with E-state index in [0.717, 1.165) is 36.9 Å². The number of halogens is 1. The van der Waals surface area contributed by atoms with Gasteiger partial charge in [-0.3, -0.25) is 0 Å². The number of rotatable bonds is 3. The minimum absolute atomic E-state index is 0.258. The highest BCUT2D eigenvalue weighted by Crippen LogP contribution is 2.28. The van der Waals surface area contributed by atoms with Crippen LogP contribution >= 0.6 is 11.6 Å². The van der Waals surface area contributed by atoms with Crippen molar-refractivity contribution in [3.63, 3.8) is 0 Å². The Bertz CT molecular complexity index is 581. The summed E-state index contributed by atoms with van der Waals surface area (Å²) < 4.78 is 5.17. The lowest BCUT2D eigenvalue weighted by Crippen LogP contribution is -2.35. The first-order valence-electron chi connectivity index (χ1n) is 7.43. The second kappa shape index (κ2) is 6.65. The number of nitrogens with one attached hydrogen (secondary N) is 1. The number of amides is 1. The highest BCUT2D eigenvalue weighted by atomic mass is 35.5. The van der Waals surface area contributed by atoms with E-state index >= 15 is 0 Å². The Labute approximate surface area is 135 Å². The van der Waals surface area contributed by atoms with Crippen LogP contribution in [0.25, 0.3) is 0 Å². The molecular formula is C16H21ClN2O3. The molecule has 1 aliphatic carbocycles. The number of ether oxygens (including phenoxy) is 1. The number of aldehydes is 1.